The van der Waals surface area contributed by atoms with Crippen LogP contribution in [-0.4, -0.2) is 34.7 Å². The molecule has 29 heavy (non-hydrogen) atoms. The average Bonchev–Trinajstić information content (AvgIpc) is 3.59. The second kappa shape index (κ2) is 5.82. The Morgan fingerprint density at radius 3 is 2.66 bits per heavy atom. The van der Waals surface area contributed by atoms with Crippen LogP contribution in [0.1, 0.15) is 31.7 Å². The van der Waals surface area contributed by atoms with E-state index in [0.717, 1.165) is 22.5 Å². The van der Waals surface area contributed by atoms with Gasteiger partial charge in [0.1, 0.15) is 5.39 Å². The lowest BCUT2D eigenvalue weighted by Gasteiger charge is -2.20. The van der Waals surface area contributed by atoms with E-state index in [-0.39, 0.29) is 17.4 Å². The number of nitrogen functional groups attached to an aromatic ring is 1. The van der Waals surface area contributed by atoms with E-state index in [2.05, 4.69) is 20.4 Å². The Kier molecular flexibility index (Phi) is 3.33. The van der Waals surface area contributed by atoms with E-state index in [1.54, 1.807) is 6.20 Å². The minimum atomic E-state index is -0.0511. The lowest BCUT2D eigenvalue weighted by Crippen LogP contribution is -2.27. The van der Waals surface area contributed by atoms with Crippen molar-refractivity contribution in [2.45, 2.75) is 31.7 Å². The number of nitrogens with zero attached hydrogens (tertiary/aromatic N) is 5. The van der Waals surface area contributed by atoms with E-state index in [9.17, 15) is 4.79 Å². The van der Waals surface area contributed by atoms with Crippen LogP contribution in [0.25, 0.3) is 33.4 Å². The smallest absolute Gasteiger partial charge is 0.264 e. The number of nitrogens with two attached hydrogens (primary N) is 1. The Morgan fingerprint density at radius 1 is 1.24 bits per heavy atom. The van der Waals surface area contributed by atoms with Gasteiger partial charge in [0.15, 0.2) is 5.82 Å². The first-order chi connectivity index (χ1) is 14.1. The molecule has 6 rings (SSSR count). The van der Waals surface area contributed by atoms with Crippen molar-refractivity contribution in [3.05, 3.63) is 35.0 Å². The second-order valence-corrected chi connectivity index (χ2v) is 8.30. The molecule has 0 aliphatic heterocycles. The number of pyridine rings is 1. The third-order valence-corrected chi connectivity index (χ3v) is 6.26. The van der Waals surface area contributed by atoms with Crippen LogP contribution in [-0.2, 0) is 7.05 Å². The van der Waals surface area contributed by atoms with Crippen LogP contribution in [0.3, 0.4) is 0 Å². The zero-order valence-electron chi connectivity index (χ0n) is 16.1. The number of H-pyrrole nitrogens is 2. The molecule has 2 aliphatic carbocycles. The first-order valence-electron chi connectivity index (χ1n) is 10.0. The van der Waals surface area contributed by atoms with E-state index >= 15 is 0 Å². The van der Waals surface area contributed by atoms with Crippen LogP contribution in [0.2, 0.25) is 0 Å². The quantitative estimate of drug-likeness (QED) is 0.483. The van der Waals surface area contributed by atoms with Gasteiger partial charge in [-0.1, -0.05) is 0 Å². The summed E-state index contributed by atoms with van der Waals surface area (Å²) >= 11 is 0. The molecule has 4 aromatic rings. The van der Waals surface area contributed by atoms with E-state index in [0.29, 0.717) is 22.7 Å². The highest BCUT2D eigenvalue weighted by Gasteiger charge is 2.43. The monoisotopic (exact) mass is 390 g/mol. The number of aromatic nitrogens is 7. The summed E-state index contributed by atoms with van der Waals surface area (Å²) in [6.07, 6.45) is 10.3. The molecule has 0 radical (unpaired) electrons. The number of aromatic amines is 2. The molecule has 0 atom stereocenters. The van der Waals surface area contributed by atoms with E-state index in [1.165, 1.54) is 25.7 Å². The van der Waals surface area contributed by atoms with E-state index in [4.69, 9.17) is 10.8 Å². The van der Waals surface area contributed by atoms with Crippen molar-refractivity contribution in [1.82, 2.24) is 34.7 Å². The molecular weight excluding hydrogens is 368 g/mol. The molecule has 0 amide bonds. The Morgan fingerprint density at radius 2 is 2.00 bits per heavy atom. The molecule has 148 valence electrons. The van der Waals surface area contributed by atoms with Crippen LogP contribution in [0.5, 0.6) is 0 Å². The van der Waals surface area contributed by atoms with Crippen molar-refractivity contribution in [2.24, 2.45) is 18.9 Å². The summed E-state index contributed by atoms with van der Waals surface area (Å²) in [5, 5.41) is 19.1. The summed E-state index contributed by atoms with van der Waals surface area (Å²) in [6, 6.07) is 2.26. The molecule has 4 aromatic heterocycles. The lowest BCUT2D eigenvalue weighted by molar-refractivity contribution is 0.386. The fourth-order valence-electron chi connectivity index (χ4n) is 4.55. The van der Waals surface area contributed by atoms with Crippen LogP contribution < -0.4 is 11.3 Å². The molecule has 2 fully saturated rings. The molecule has 2 aliphatic rings. The molecule has 4 heterocycles. The number of aryl methyl sites for hydroxylation is 1. The Balaban J connectivity index is 1.58. The predicted octanol–water partition coefficient (Wildman–Crippen LogP) is 2.46. The van der Waals surface area contributed by atoms with Gasteiger partial charge in [-0.15, -0.1) is 0 Å². The largest absolute Gasteiger partial charge is 0.382 e. The molecule has 9 heteroatoms. The molecule has 0 unspecified atom stereocenters. The topological polar surface area (TPSA) is 123 Å². The molecule has 4 N–H and O–H groups in total. The zero-order chi connectivity index (χ0) is 19.7. The third kappa shape index (κ3) is 2.53. The van der Waals surface area contributed by atoms with Gasteiger partial charge in [0.05, 0.1) is 23.1 Å². The highest BCUT2D eigenvalue weighted by Crippen LogP contribution is 2.52. The van der Waals surface area contributed by atoms with Crippen molar-refractivity contribution in [2.75, 3.05) is 5.73 Å². The van der Waals surface area contributed by atoms with Crippen LogP contribution in [0.15, 0.2) is 29.5 Å². The molecular formula is C20H22N8O. The highest BCUT2D eigenvalue weighted by molar-refractivity contribution is 5.97. The van der Waals surface area contributed by atoms with Crippen molar-refractivity contribution in [3.63, 3.8) is 0 Å². The number of hydrogen-bond donors (Lipinski definition) is 3. The summed E-state index contributed by atoms with van der Waals surface area (Å²) in [7, 11) is 1.90. The minimum absolute atomic E-state index is 0.0511. The van der Waals surface area contributed by atoms with Gasteiger partial charge < -0.3 is 10.3 Å². The minimum Gasteiger partial charge on any atom is -0.382 e. The maximum absolute atomic E-state index is 13.3. The highest BCUT2D eigenvalue weighted by atomic mass is 16.1. The van der Waals surface area contributed by atoms with Gasteiger partial charge in [-0.05, 0) is 43.6 Å². The first kappa shape index (κ1) is 16.6. The van der Waals surface area contributed by atoms with Crippen molar-refractivity contribution >= 4 is 16.7 Å². The van der Waals surface area contributed by atoms with Crippen LogP contribution in [0, 0.1) is 11.8 Å². The zero-order valence-corrected chi connectivity index (χ0v) is 16.1. The van der Waals surface area contributed by atoms with Gasteiger partial charge in [0.2, 0.25) is 0 Å². The normalized spacial score (nSPS) is 16.9. The fourth-order valence-corrected chi connectivity index (χ4v) is 4.55. The molecule has 9 nitrogen and oxygen atoms in total. The van der Waals surface area contributed by atoms with Gasteiger partial charge in [-0.3, -0.25) is 19.7 Å². The number of hydrogen-bond acceptors (Lipinski definition) is 5. The fraction of sp³-hybridized carbons (Fsp3) is 0.400. The molecule has 0 bridgehead atoms. The SMILES string of the molecule is Cn1nc(-c2cn(C(C3CC3)C3CC3)c(=O)c3c(N)n[nH]c23)cc1-c1cn[nH]c1. The van der Waals surface area contributed by atoms with Crippen molar-refractivity contribution in [3.8, 4) is 22.5 Å². The Bertz CT molecular complexity index is 1260. The predicted molar refractivity (Wildman–Crippen MR) is 109 cm³/mol. The molecule has 0 aromatic carbocycles. The third-order valence-electron chi connectivity index (χ3n) is 6.26. The van der Waals surface area contributed by atoms with Crippen LogP contribution >= 0.6 is 0 Å². The number of rotatable bonds is 5. The van der Waals surface area contributed by atoms with E-state index in [1.807, 2.05) is 34.8 Å². The standard InChI is InChI=1S/C20H22N8O/c1-27-15(12-7-22-23-8-12)6-14(26-27)13-9-28(18(10-2-3-10)11-4-5-11)20(29)16-17(13)24-25-19(16)21/h6-11,18H,2-5H2,1H3,(H,22,23)(H3,21,24,25). The summed E-state index contributed by atoms with van der Waals surface area (Å²) < 4.78 is 3.74. The summed E-state index contributed by atoms with van der Waals surface area (Å²) in [5.41, 5.74) is 10.2. The Labute approximate surface area is 165 Å². The summed E-state index contributed by atoms with van der Waals surface area (Å²) in [6.45, 7) is 0. The maximum atomic E-state index is 13.3. The number of fused-ring (bicyclic) bond motifs is 1. The lowest BCUT2D eigenvalue weighted by atomic mass is 10.0. The van der Waals surface area contributed by atoms with Crippen molar-refractivity contribution < 1.29 is 0 Å². The summed E-state index contributed by atoms with van der Waals surface area (Å²) in [4.78, 5) is 13.3. The van der Waals surface area contributed by atoms with Crippen LogP contribution in [0.4, 0.5) is 5.82 Å². The second-order valence-electron chi connectivity index (χ2n) is 8.30. The number of nitrogens with one attached hydrogen (secondary N) is 2. The van der Waals surface area contributed by atoms with Gasteiger partial charge in [0.25, 0.3) is 5.56 Å². The van der Waals surface area contributed by atoms with E-state index < -0.39 is 0 Å². The van der Waals surface area contributed by atoms with Crippen molar-refractivity contribution in [1.29, 1.82) is 0 Å². The molecule has 2 saturated carbocycles. The molecule has 0 spiro atoms. The van der Waals surface area contributed by atoms with Gasteiger partial charge >= 0.3 is 0 Å². The van der Waals surface area contributed by atoms with Gasteiger partial charge in [-0.2, -0.15) is 15.3 Å². The number of anilines is 1. The van der Waals surface area contributed by atoms with Gasteiger partial charge in [0, 0.05) is 36.6 Å². The summed E-state index contributed by atoms with van der Waals surface area (Å²) in [5.74, 6) is 1.42. The van der Waals surface area contributed by atoms with Gasteiger partial charge in [-0.25, -0.2) is 0 Å². The molecule has 0 saturated heterocycles. The Hall–Kier alpha value is -3.36. The first-order valence-corrected chi connectivity index (χ1v) is 10.0. The maximum Gasteiger partial charge on any atom is 0.264 e. The average molecular weight is 390 g/mol.